The Hall–Kier alpha value is -3.28. The van der Waals surface area contributed by atoms with E-state index in [0.29, 0.717) is 30.2 Å². The number of aliphatic hydroxyl groups is 1. The fraction of sp³-hybridized carbons (Fsp3) is 0.407. The lowest BCUT2D eigenvalue weighted by atomic mass is 9.95. The number of amides is 1. The number of ether oxygens (including phenoxy) is 2. The van der Waals surface area contributed by atoms with Gasteiger partial charge in [-0.05, 0) is 57.0 Å². The minimum Gasteiger partial charge on any atom is -0.507 e. The molecular weight excluding hydrogens is 418 g/mol. The van der Waals surface area contributed by atoms with Crippen LogP contribution in [0.3, 0.4) is 0 Å². The summed E-state index contributed by atoms with van der Waals surface area (Å²) in [6.07, 6.45) is 2.71. The predicted octanol–water partition coefficient (Wildman–Crippen LogP) is 5.48. The molecule has 0 bridgehead atoms. The smallest absolute Gasteiger partial charge is 0.295 e. The number of likely N-dealkylation sites (tertiary alicyclic amines) is 1. The number of benzene rings is 2. The highest BCUT2D eigenvalue weighted by molar-refractivity contribution is 6.46. The molecular formula is C27H33NO5. The zero-order valence-corrected chi connectivity index (χ0v) is 19.8. The average molecular weight is 452 g/mol. The summed E-state index contributed by atoms with van der Waals surface area (Å²) >= 11 is 0. The zero-order chi connectivity index (χ0) is 24.0. The molecule has 1 saturated heterocycles. The maximum atomic E-state index is 13.1. The van der Waals surface area contributed by atoms with Gasteiger partial charge in [0.2, 0.25) is 0 Å². The topological polar surface area (TPSA) is 76.1 Å². The fourth-order valence-electron chi connectivity index (χ4n) is 4.07. The number of hydrogen-bond acceptors (Lipinski definition) is 5. The van der Waals surface area contributed by atoms with Crippen LogP contribution >= 0.6 is 0 Å². The summed E-state index contributed by atoms with van der Waals surface area (Å²) in [6, 6.07) is 13.6. The molecule has 33 heavy (non-hydrogen) atoms. The molecule has 6 nitrogen and oxygen atoms in total. The van der Waals surface area contributed by atoms with Gasteiger partial charge in [-0.3, -0.25) is 9.59 Å². The van der Waals surface area contributed by atoms with Crippen LogP contribution in [-0.4, -0.2) is 41.0 Å². The van der Waals surface area contributed by atoms with E-state index in [4.69, 9.17) is 9.47 Å². The van der Waals surface area contributed by atoms with Gasteiger partial charge in [-0.25, -0.2) is 0 Å². The van der Waals surface area contributed by atoms with E-state index in [-0.39, 0.29) is 17.4 Å². The van der Waals surface area contributed by atoms with Gasteiger partial charge in [0.15, 0.2) is 0 Å². The summed E-state index contributed by atoms with van der Waals surface area (Å²) in [6.45, 7) is 8.76. The van der Waals surface area contributed by atoms with Crippen molar-refractivity contribution in [1.82, 2.24) is 4.90 Å². The highest BCUT2D eigenvalue weighted by Gasteiger charge is 2.45. The molecule has 1 atom stereocenters. The van der Waals surface area contributed by atoms with Gasteiger partial charge in [-0.2, -0.15) is 0 Å². The summed E-state index contributed by atoms with van der Waals surface area (Å²) in [7, 11) is 0. The Bertz CT molecular complexity index is 1030. The molecule has 2 aromatic rings. The van der Waals surface area contributed by atoms with Crippen LogP contribution in [0.25, 0.3) is 5.76 Å². The van der Waals surface area contributed by atoms with Crippen LogP contribution in [0.2, 0.25) is 0 Å². The van der Waals surface area contributed by atoms with E-state index in [0.717, 1.165) is 24.8 Å². The first-order valence-corrected chi connectivity index (χ1v) is 11.7. The zero-order valence-electron chi connectivity index (χ0n) is 19.8. The van der Waals surface area contributed by atoms with Crippen molar-refractivity contribution in [1.29, 1.82) is 0 Å². The van der Waals surface area contributed by atoms with E-state index in [1.54, 1.807) is 29.2 Å². The van der Waals surface area contributed by atoms with E-state index in [1.807, 2.05) is 45.0 Å². The Balaban J connectivity index is 2.12. The molecule has 1 fully saturated rings. The molecule has 1 aliphatic rings. The third-order valence-corrected chi connectivity index (χ3v) is 5.51. The second-order valence-corrected chi connectivity index (χ2v) is 8.40. The molecule has 176 valence electrons. The van der Waals surface area contributed by atoms with Crippen LogP contribution in [0.1, 0.15) is 64.1 Å². The molecule has 1 unspecified atom stereocenters. The van der Waals surface area contributed by atoms with Gasteiger partial charge in [0.05, 0.1) is 24.3 Å². The number of nitrogens with zero attached hydrogens (tertiary/aromatic N) is 1. The van der Waals surface area contributed by atoms with Crippen molar-refractivity contribution < 1.29 is 24.2 Å². The van der Waals surface area contributed by atoms with E-state index in [2.05, 4.69) is 6.92 Å². The molecule has 0 spiro atoms. The summed E-state index contributed by atoms with van der Waals surface area (Å²) in [5.74, 6) is -0.226. The maximum Gasteiger partial charge on any atom is 0.295 e. The van der Waals surface area contributed by atoms with Crippen LogP contribution in [0.5, 0.6) is 11.5 Å². The number of unbranched alkanes of at least 4 members (excludes halogenated alkanes) is 2. The first-order valence-electron chi connectivity index (χ1n) is 11.7. The lowest BCUT2D eigenvalue weighted by molar-refractivity contribution is -0.139. The number of Topliss-reactive ketones (excluding diaryl/α,β-unsaturated/α-hetero) is 1. The van der Waals surface area contributed by atoms with Crippen molar-refractivity contribution in [2.75, 3.05) is 13.2 Å². The summed E-state index contributed by atoms with van der Waals surface area (Å²) in [5.41, 5.74) is 1.25. The minimum atomic E-state index is -0.687. The molecule has 2 aromatic carbocycles. The molecule has 0 radical (unpaired) electrons. The number of aliphatic hydroxyl groups excluding tert-OH is 1. The number of carbonyl (C=O) groups is 2. The van der Waals surface area contributed by atoms with E-state index >= 15 is 0 Å². The van der Waals surface area contributed by atoms with Crippen molar-refractivity contribution in [3.05, 3.63) is 65.2 Å². The molecule has 0 aromatic heterocycles. The Labute approximate surface area is 195 Å². The van der Waals surface area contributed by atoms with Gasteiger partial charge in [0, 0.05) is 12.1 Å². The van der Waals surface area contributed by atoms with Gasteiger partial charge < -0.3 is 19.5 Å². The third-order valence-electron chi connectivity index (χ3n) is 5.51. The largest absolute Gasteiger partial charge is 0.507 e. The normalized spacial score (nSPS) is 17.6. The Morgan fingerprint density at radius 2 is 1.76 bits per heavy atom. The van der Waals surface area contributed by atoms with Crippen molar-refractivity contribution in [3.8, 4) is 11.5 Å². The Kier molecular flexibility index (Phi) is 8.15. The van der Waals surface area contributed by atoms with Gasteiger partial charge in [-0.15, -0.1) is 0 Å². The summed E-state index contributed by atoms with van der Waals surface area (Å²) < 4.78 is 11.4. The lowest BCUT2D eigenvalue weighted by Gasteiger charge is -2.26. The highest BCUT2D eigenvalue weighted by atomic mass is 16.5. The van der Waals surface area contributed by atoms with Crippen LogP contribution < -0.4 is 9.47 Å². The Morgan fingerprint density at radius 3 is 2.45 bits per heavy atom. The molecule has 0 aliphatic carbocycles. The first kappa shape index (κ1) is 24.4. The van der Waals surface area contributed by atoms with Crippen molar-refractivity contribution in [2.45, 2.75) is 59.1 Å². The molecule has 1 N–H and O–H groups in total. The van der Waals surface area contributed by atoms with E-state index < -0.39 is 17.7 Å². The van der Waals surface area contributed by atoms with Gasteiger partial charge >= 0.3 is 0 Å². The monoisotopic (exact) mass is 451 g/mol. The van der Waals surface area contributed by atoms with Crippen LogP contribution in [-0.2, 0) is 9.59 Å². The third kappa shape index (κ3) is 5.56. The molecule has 3 rings (SSSR count). The predicted molar refractivity (Wildman–Crippen MR) is 128 cm³/mol. The fourth-order valence-corrected chi connectivity index (χ4v) is 4.07. The SMILES string of the molecule is CCCCCN1C(=O)C(=O)/C(=C(\O)c2cccc(OCC)c2)C1c1cccc(OC(C)C)c1. The number of hydrogen-bond donors (Lipinski definition) is 1. The van der Waals surface area contributed by atoms with E-state index in [9.17, 15) is 14.7 Å². The van der Waals surface area contributed by atoms with Crippen molar-refractivity contribution in [3.63, 3.8) is 0 Å². The molecule has 0 saturated carbocycles. The quantitative estimate of drug-likeness (QED) is 0.224. The molecule has 6 heteroatoms. The standard InChI is InChI=1S/C27H33NO5/c1-5-7-8-15-28-24(19-11-9-14-22(16-19)33-18(3)4)23(26(30)27(28)31)25(29)20-12-10-13-21(17-20)32-6-2/h9-14,16-18,24,29H,5-8,15H2,1-4H3/b25-23-. The molecule has 1 amide bonds. The van der Waals surface area contributed by atoms with Gasteiger partial charge in [0.25, 0.3) is 11.7 Å². The Morgan fingerprint density at radius 1 is 1.03 bits per heavy atom. The second kappa shape index (κ2) is 11.0. The van der Waals surface area contributed by atoms with Gasteiger partial charge in [-0.1, -0.05) is 44.0 Å². The minimum absolute atomic E-state index is 0.0162. The van der Waals surface area contributed by atoms with Crippen molar-refractivity contribution in [2.24, 2.45) is 0 Å². The van der Waals surface area contributed by atoms with E-state index in [1.165, 1.54) is 0 Å². The van der Waals surface area contributed by atoms with Crippen LogP contribution in [0.15, 0.2) is 54.1 Å². The lowest BCUT2D eigenvalue weighted by Crippen LogP contribution is -2.30. The number of carbonyl (C=O) groups excluding carboxylic acids is 2. The van der Waals surface area contributed by atoms with Crippen LogP contribution in [0.4, 0.5) is 0 Å². The summed E-state index contributed by atoms with van der Waals surface area (Å²) in [5, 5.41) is 11.2. The van der Waals surface area contributed by atoms with Gasteiger partial charge in [0.1, 0.15) is 17.3 Å². The average Bonchev–Trinajstić information content (AvgIpc) is 3.04. The van der Waals surface area contributed by atoms with Crippen LogP contribution in [0, 0.1) is 0 Å². The second-order valence-electron chi connectivity index (χ2n) is 8.40. The number of rotatable bonds is 10. The first-order chi connectivity index (χ1) is 15.9. The van der Waals surface area contributed by atoms with Crippen molar-refractivity contribution >= 4 is 17.4 Å². The highest BCUT2D eigenvalue weighted by Crippen LogP contribution is 2.40. The molecule has 1 heterocycles. The maximum absolute atomic E-state index is 13.1. The molecule has 1 aliphatic heterocycles. The number of ketones is 1. The summed E-state index contributed by atoms with van der Waals surface area (Å²) in [4.78, 5) is 27.8.